The van der Waals surface area contributed by atoms with Crippen molar-refractivity contribution in [3.8, 4) is 18.0 Å². The Balaban J connectivity index is 1.92. The van der Waals surface area contributed by atoms with Crippen molar-refractivity contribution < 1.29 is 0 Å². The highest BCUT2D eigenvalue weighted by molar-refractivity contribution is 6.01. The van der Waals surface area contributed by atoms with Crippen molar-refractivity contribution in [2.45, 2.75) is 38.9 Å². The normalized spacial score (nSPS) is 16.2. The molecule has 1 saturated heterocycles. The molecule has 1 aliphatic rings. The summed E-state index contributed by atoms with van der Waals surface area (Å²) < 4.78 is 4.20. The molecule has 3 aromatic rings. The molecule has 0 radical (unpaired) electrons. The second kappa shape index (κ2) is 9.77. The first kappa shape index (κ1) is 23.0. The fourth-order valence-electron chi connectivity index (χ4n) is 4.27. The summed E-state index contributed by atoms with van der Waals surface area (Å²) in [5.74, 6) is 6.46. The molecule has 34 heavy (non-hydrogen) atoms. The Hall–Kier alpha value is -4.15. The molecule has 0 amide bonds. The van der Waals surface area contributed by atoms with Crippen molar-refractivity contribution in [2.75, 3.05) is 18.0 Å². The molecule has 1 aromatic carbocycles. The lowest BCUT2D eigenvalue weighted by Gasteiger charge is -2.31. The predicted molar refractivity (Wildman–Crippen MR) is 131 cm³/mol. The topological polar surface area (TPSA) is 127 Å². The van der Waals surface area contributed by atoms with Crippen LogP contribution in [0.3, 0.4) is 0 Å². The largest absolute Gasteiger partial charge is 0.341 e. The van der Waals surface area contributed by atoms with E-state index >= 15 is 0 Å². The van der Waals surface area contributed by atoms with Crippen molar-refractivity contribution in [3.63, 3.8) is 0 Å². The number of nitriles is 1. The van der Waals surface area contributed by atoms with Crippen molar-refractivity contribution >= 4 is 22.8 Å². The molecule has 0 saturated carbocycles. The lowest BCUT2D eigenvalue weighted by molar-refractivity contribution is 0.496. The van der Waals surface area contributed by atoms with Crippen LogP contribution in [0.1, 0.15) is 25.3 Å². The van der Waals surface area contributed by atoms with Gasteiger partial charge in [0.1, 0.15) is 0 Å². The number of hydrogen-bond acceptors (Lipinski definition) is 7. The van der Waals surface area contributed by atoms with Gasteiger partial charge in [0.2, 0.25) is 12.1 Å². The van der Waals surface area contributed by atoms with Gasteiger partial charge in [0, 0.05) is 26.2 Å². The van der Waals surface area contributed by atoms with E-state index in [1.807, 2.05) is 11.0 Å². The summed E-state index contributed by atoms with van der Waals surface area (Å²) in [6.45, 7) is 3.20. The van der Waals surface area contributed by atoms with E-state index in [0.717, 1.165) is 24.0 Å². The van der Waals surface area contributed by atoms with E-state index in [1.54, 1.807) is 49.0 Å². The minimum atomic E-state index is -0.535. The van der Waals surface area contributed by atoms with Crippen LogP contribution in [-0.2, 0) is 20.1 Å². The Bertz CT molecular complexity index is 1460. The summed E-state index contributed by atoms with van der Waals surface area (Å²) in [4.78, 5) is 37.5. The molecule has 2 aromatic heterocycles. The van der Waals surface area contributed by atoms with Gasteiger partial charge in [-0.25, -0.2) is 4.79 Å². The van der Waals surface area contributed by atoms with Crippen LogP contribution >= 0.6 is 0 Å². The number of imidazole rings is 1. The maximum Gasteiger partial charge on any atom is 0.332 e. The maximum absolute atomic E-state index is 13.7. The molecule has 0 spiro atoms. The van der Waals surface area contributed by atoms with Crippen LogP contribution in [0.5, 0.6) is 0 Å². The van der Waals surface area contributed by atoms with Gasteiger partial charge in [-0.05, 0) is 25.3 Å². The molecule has 174 valence electrons. The lowest BCUT2D eigenvalue weighted by Crippen LogP contribution is -2.44. The number of nitrogens with two attached hydrogens (primary N) is 1. The van der Waals surface area contributed by atoms with Crippen molar-refractivity contribution in [2.24, 2.45) is 17.8 Å². The van der Waals surface area contributed by atoms with Crippen LogP contribution in [0, 0.1) is 23.3 Å². The minimum absolute atomic E-state index is 0.00960. The average Bonchev–Trinajstić information content (AvgIpc) is 3.23. The highest BCUT2D eigenvalue weighted by Gasteiger charge is 2.26. The van der Waals surface area contributed by atoms with Gasteiger partial charge < -0.3 is 10.6 Å². The van der Waals surface area contributed by atoms with Gasteiger partial charge in [-0.15, -0.1) is 5.92 Å². The third-order valence-corrected chi connectivity index (χ3v) is 5.97. The maximum atomic E-state index is 13.7. The van der Waals surface area contributed by atoms with Crippen molar-refractivity contribution in [1.82, 2.24) is 18.7 Å². The molecule has 4 rings (SSSR count). The standard InChI is InChI=1S/C24H26N8O2/c1-3-4-13-31-20-21(28-23(31)30-12-8-11-18(26)14-30)29(2)24(34)32(22(20)33)15-19(27-16-25)17-9-6-5-7-10-17/h5-7,9-10,18H,8,11-15,26H2,1-2H3/b27-19-. The Morgan fingerprint density at radius 2 is 2.03 bits per heavy atom. The quantitative estimate of drug-likeness (QED) is 0.343. The van der Waals surface area contributed by atoms with E-state index in [1.165, 1.54) is 4.57 Å². The van der Waals surface area contributed by atoms with Gasteiger partial charge in [0.05, 0.1) is 18.8 Å². The van der Waals surface area contributed by atoms with E-state index in [-0.39, 0.29) is 30.3 Å². The molecule has 0 aliphatic carbocycles. The molecule has 1 fully saturated rings. The van der Waals surface area contributed by atoms with Gasteiger partial charge in [-0.2, -0.15) is 15.2 Å². The van der Waals surface area contributed by atoms with E-state index in [2.05, 4.69) is 16.8 Å². The number of anilines is 1. The monoisotopic (exact) mass is 458 g/mol. The molecule has 0 bridgehead atoms. The third kappa shape index (κ3) is 4.24. The zero-order valence-electron chi connectivity index (χ0n) is 19.2. The summed E-state index contributed by atoms with van der Waals surface area (Å²) in [7, 11) is 1.58. The number of aryl methyl sites for hydroxylation is 1. The van der Waals surface area contributed by atoms with Crippen LogP contribution < -0.4 is 21.9 Å². The van der Waals surface area contributed by atoms with Crippen LogP contribution in [0.15, 0.2) is 44.9 Å². The molecule has 3 heterocycles. The molecule has 1 unspecified atom stereocenters. The summed E-state index contributed by atoms with van der Waals surface area (Å²) in [6.07, 6.45) is 3.62. The van der Waals surface area contributed by atoms with Gasteiger partial charge in [-0.1, -0.05) is 36.3 Å². The number of aliphatic imine (C=N–C) groups is 1. The predicted octanol–water partition coefficient (Wildman–Crippen LogP) is 0.818. The first-order valence-corrected chi connectivity index (χ1v) is 11.1. The lowest BCUT2D eigenvalue weighted by atomic mass is 10.1. The number of rotatable bonds is 5. The number of benzene rings is 1. The second-order valence-corrected chi connectivity index (χ2v) is 8.20. The Morgan fingerprint density at radius 1 is 1.26 bits per heavy atom. The van der Waals surface area contributed by atoms with Gasteiger partial charge in [0.25, 0.3) is 5.56 Å². The van der Waals surface area contributed by atoms with Crippen LogP contribution in [-0.4, -0.2) is 43.5 Å². The van der Waals surface area contributed by atoms with Gasteiger partial charge in [0.15, 0.2) is 11.2 Å². The Morgan fingerprint density at radius 3 is 2.71 bits per heavy atom. The van der Waals surface area contributed by atoms with E-state index in [4.69, 9.17) is 10.7 Å². The second-order valence-electron chi connectivity index (χ2n) is 8.20. The van der Waals surface area contributed by atoms with Crippen LogP contribution in [0.2, 0.25) is 0 Å². The summed E-state index contributed by atoms with van der Waals surface area (Å²) in [6, 6.07) is 9.02. The van der Waals surface area contributed by atoms with Crippen LogP contribution in [0.4, 0.5) is 5.95 Å². The Labute approximate surface area is 196 Å². The zero-order chi connectivity index (χ0) is 24.2. The molecule has 10 heteroatoms. The molecular formula is C24H26N8O2. The smallest absolute Gasteiger partial charge is 0.332 e. The number of nitrogens with zero attached hydrogens (tertiary/aromatic N) is 7. The Kier molecular flexibility index (Phi) is 6.62. The SMILES string of the molecule is CC#CCn1c(N2CCCC(N)C2)nc2c1c(=O)n(C/C(=N/C#N)c1ccccc1)c(=O)n2C. The van der Waals surface area contributed by atoms with E-state index in [9.17, 15) is 14.9 Å². The fourth-order valence-corrected chi connectivity index (χ4v) is 4.27. The van der Waals surface area contributed by atoms with Crippen LogP contribution in [0.25, 0.3) is 11.2 Å². The molecule has 2 N–H and O–H groups in total. The van der Waals surface area contributed by atoms with Gasteiger partial charge in [-0.3, -0.25) is 18.5 Å². The number of fused-ring (bicyclic) bond motifs is 1. The first-order valence-electron chi connectivity index (χ1n) is 11.1. The van der Waals surface area contributed by atoms with Gasteiger partial charge >= 0.3 is 5.69 Å². The summed E-state index contributed by atoms with van der Waals surface area (Å²) in [5, 5.41) is 9.20. The first-order chi connectivity index (χ1) is 16.5. The highest BCUT2D eigenvalue weighted by Crippen LogP contribution is 2.22. The molecular weight excluding hydrogens is 432 g/mol. The third-order valence-electron chi connectivity index (χ3n) is 5.97. The number of piperidine rings is 1. The molecule has 1 aliphatic heterocycles. The summed E-state index contributed by atoms with van der Waals surface area (Å²) in [5.41, 5.74) is 6.70. The van der Waals surface area contributed by atoms with Crippen molar-refractivity contribution in [1.29, 1.82) is 5.26 Å². The van der Waals surface area contributed by atoms with E-state index in [0.29, 0.717) is 23.8 Å². The zero-order valence-corrected chi connectivity index (χ0v) is 19.2. The van der Waals surface area contributed by atoms with E-state index < -0.39 is 11.2 Å². The fraction of sp³-hybridized carbons (Fsp3) is 0.375. The number of aromatic nitrogens is 4. The summed E-state index contributed by atoms with van der Waals surface area (Å²) >= 11 is 0. The molecule has 1 atom stereocenters. The molecule has 10 nitrogen and oxygen atoms in total. The van der Waals surface area contributed by atoms with Crippen molar-refractivity contribution in [3.05, 3.63) is 56.7 Å². The highest BCUT2D eigenvalue weighted by atomic mass is 16.2. The minimum Gasteiger partial charge on any atom is -0.341 e. The number of hydrogen-bond donors (Lipinski definition) is 1. The average molecular weight is 459 g/mol.